The molecule has 0 spiro atoms. The van der Waals surface area contributed by atoms with Crippen LogP contribution in [0.3, 0.4) is 0 Å². The molecule has 5 heteroatoms. The van der Waals surface area contributed by atoms with Gasteiger partial charge in [-0.25, -0.2) is 4.98 Å². The fourth-order valence-corrected chi connectivity index (χ4v) is 3.07. The first kappa shape index (κ1) is 12.9. The third-order valence-electron chi connectivity index (χ3n) is 3.04. The first-order valence-electron chi connectivity index (χ1n) is 6.24. The topological polar surface area (TPSA) is 42.4 Å². The van der Waals surface area contributed by atoms with E-state index in [1.54, 1.807) is 6.07 Å². The average molecular weight is 296 g/mol. The predicted octanol–water partition coefficient (Wildman–Crippen LogP) is 3.75. The van der Waals surface area contributed by atoms with Crippen molar-refractivity contribution in [2.24, 2.45) is 0 Å². The Morgan fingerprint density at radius 3 is 2.95 bits per heavy atom. The van der Waals surface area contributed by atoms with E-state index in [0.29, 0.717) is 17.5 Å². The molecular formula is C14H14ClNO2S. The number of rotatable bonds is 5. The molecule has 1 saturated carbocycles. The number of ether oxygens (including phenoxy) is 1. The van der Waals surface area contributed by atoms with Gasteiger partial charge in [-0.2, -0.15) is 0 Å². The van der Waals surface area contributed by atoms with Crippen molar-refractivity contribution >= 4 is 22.9 Å². The monoisotopic (exact) mass is 295 g/mol. The Kier molecular flexibility index (Phi) is 3.73. The summed E-state index contributed by atoms with van der Waals surface area (Å²) in [5, 5.41) is 10.9. The Balaban J connectivity index is 1.69. The Bertz CT molecular complexity index is 581. The van der Waals surface area contributed by atoms with Gasteiger partial charge < -0.3 is 9.84 Å². The Morgan fingerprint density at radius 2 is 2.26 bits per heavy atom. The molecule has 0 radical (unpaired) electrons. The normalized spacial score (nSPS) is 14.6. The first-order valence-corrected chi connectivity index (χ1v) is 7.43. The van der Waals surface area contributed by atoms with E-state index in [0.717, 1.165) is 21.3 Å². The molecular weight excluding hydrogens is 282 g/mol. The van der Waals surface area contributed by atoms with E-state index < -0.39 is 0 Å². The van der Waals surface area contributed by atoms with Crippen LogP contribution in [0.2, 0.25) is 5.02 Å². The van der Waals surface area contributed by atoms with Crippen LogP contribution in [-0.4, -0.2) is 10.1 Å². The quantitative estimate of drug-likeness (QED) is 0.913. The third kappa shape index (κ3) is 3.08. The second-order valence-corrected chi connectivity index (χ2v) is 6.20. The number of aliphatic hydroxyl groups excluding tert-OH is 1. The SMILES string of the molecule is OCc1sc(COc2cccc(Cl)c2)nc1C1CC1. The van der Waals surface area contributed by atoms with Gasteiger partial charge in [-0.3, -0.25) is 0 Å². The van der Waals surface area contributed by atoms with Crippen LogP contribution in [0.25, 0.3) is 0 Å². The highest BCUT2D eigenvalue weighted by Crippen LogP contribution is 2.42. The molecule has 1 aliphatic carbocycles. The van der Waals surface area contributed by atoms with Crippen molar-refractivity contribution in [3.05, 3.63) is 44.9 Å². The maximum Gasteiger partial charge on any atom is 0.140 e. The van der Waals surface area contributed by atoms with Gasteiger partial charge in [-0.05, 0) is 31.0 Å². The number of benzene rings is 1. The van der Waals surface area contributed by atoms with Crippen molar-refractivity contribution in [3.8, 4) is 5.75 Å². The zero-order chi connectivity index (χ0) is 13.2. The minimum atomic E-state index is 0.0701. The fourth-order valence-electron chi connectivity index (χ4n) is 1.97. The van der Waals surface area contributed by atoms with E-state index in [4.69, 9.17) is 16.3 Å². The highest BCUT2D eigenvalue weighted by molar-refractivity contribution is 7.11. The number of aromatic nitrogens is 1. The molecule has 1 heterocycles. The summed E-state index contributed by atoms with van der Waals surface area (Å²) in [7, 11) is 0. The van der Waals surface area contributed by atoms with E-state index in [1.807, 2.05) is 18.2 Å². The molecule has 0 bridgehead atoms. The summed E-state index contributed by atoms with van der Waals surface area (Å²) in [6.45, 7) is 0.491. The van der Waals surface area contributed by atoms with Crippen LogP contribution in [0.1, 0.15) is 34.3 Å². The second kappa shape index (κ2) is 5.49. The highest BCUT2D eigenvalue weighted by Gasteiger charge is 2.29. The van der Waals surface area contributed by atoms with Gasteiger partial charge in [0.1, 0.15) is 17.4 Å². The molecule has 1 N–H and O–H groups in total. The largest absolute Gasteiger partial charge is 0.486 e. The maximum atomic E-state index is 9.34. The zero-order valence-electron chi connectivity index (χ0n) is 10.3. The summed E-state index contributed by atoms with van der Waals surface area (Å²) >= 11 is 7.43. The molecule has 3 nitrogen and oxygen atoms in total. The van der Waals surface area contributed by atoms with Crippen LogP contribution in [0.4, 0.5) is 0 Å². The van der Waals surface area contributed by atoms with Gasteiger partial charge in [0.15, 0.2) is 0 Å². The summed E-state index contributed by atoms with van der Waals surface area (Å²) in [5.41, 5.74) is 1.07. The van der Waals surface area contributed by atoms with E-state index in [1.165, 1.54) is 24.2 Å². The van der Waals surface area contributed by atoms with Crippen molar-refractivity contribution in [3.63, 3.8) is 0 Å². The van der Waals surface area contributed by atoms with Gasteiger partial charge in [-0.15, -0.1) is 11.3 Å². The van der Waals surface area contributed by atoms with Crippen molar-refractivity contribution in [1.29, 1.82) is 0 Å². The maximum absolute atomic E-state index is 9.34. The molecule has 3 rings (SSSR count). The lowest BCUT2D eigenvalue weighted by Crippen LogP contribution is -1.95. The number of aliphatic hydroxyl groups is 1. The standard InChI is InChI=1S/C14H14ClNO2S/c15-10-2-1-3-11(6-10)18-8-13-16-14(9-4-5-9)12(7-17)19-13/h1-3,6,9,17H,4-5,7-8H2. The van der Waals surface area contributed by atoms with Gasteiger partial charge in [-0.1, -0.05) is 17.7 Å². The van der Waals surface area contributed by atoms with E-state index in [-0.39, 0.29) is 6.61 Å². The molecule has 19 heavy (non-hydrogen) atoms. The molecule has 100 valence electrons. The summed E-state index contributed by atoms with van der Waals surface area (Å²) in [5.74, 6) is 1.29. The van der Waals surface area contributed by atoms with Crippen LogP contribution in [0, 0.1) is 0 Å². The van der Waals surface area contributed by atoms with Crippen molar-refractivity contribution in [2.45, 2.75) is 32.0 Å². The van der Waals surface area contributed by atoms with Gasteiger partial charge in [0, 0.05) is 10.9 Å². The minimum Gasteiger partial charge on any atom is -0.486 e. The molecule has 0 amide bonds. The zero-order valence-corrected chi connectivity index (χ0v) is 11.9. The van der Waals surface area contributed by atoms with Crippen LogP contribution >= 0.6 is 22.9 Å². The van der Waals surface area contributed by atoms with E-state index >= 15 is 0 Å². The number of hydrogen-bond donors (Lipinski definition) is 1. The lowest BCUT2D eigenvalue weighted by Gasteiger charge is -2.03. The molecule has 1 aromatic heterocycles. The summed E-state index contributed by atoms with van der Waals surface area (Å²) in [6.07, 6.45) is 2.37. The van der Waals surface area contributed by atoms with Gasteiger partial charge >= 0.3 is 0 Å². The van der Waals surface area contributed by atoms with E-state index in [2.05, 4.69) is 4.98 Å². The molecule has 0 atom stereocenters. The van der Waals surface area contributed by atoms with Gasteiger partial charge in [0.2, 0.25) is 0 Å². The number of nitrogens with zero attached hydrogens (tertiary/aromatic N) is 1. The molecule has 1 aliphatic rings. The lowest BCUT2D eigenvalue weighted by molar-refractivity contribution is 0.284. The molecule has 1 aromatic carbocycles. The molecule has 1 fully saturated rings. The first-order chi connectivity index (χ1) is 9.26. The number of hydrogen-bond acceptors (Lipinski definition) is 4. The predicted molar refractivity (Wildman–Crippen MR) is 75.8 cm³/mol. The van der Waals surface area contributed by atoms with Crippen LogP contribution in [0.5, 0.6) is 5.75 Å². The third-order valence-corrected chi connectivity index (χ3v) is 4.30. The van der Waals surface area contributed by atoms with Crippen molar-refractivity contribution in [1.82, 2.24) is 4.98 Å². The van der Waals surface area contributed by atoms with Crippen molar-refractivity contribution < 1.29 is 9.84 Å². The Hall–Kier alpha value is -1.10. The number of halogens is 1. The highest BCUT2D eigenvalue weighted by atomic mass is 35.5. The Labute approximate surface area is 120 Å². The van der Waals surface area contributed by atoms with Crippen LogP contribution in [0.15, 0.2) is 24.3 Å². The van der Waals surface area contributed by atoms with Crippen molar-refractivity contribution in [2.75, 3.05) is 0 Å². The lowest BCUT2D eigenvalue weighted by atomic mass is 10.2. The fraction of sp³-hybridized carbons (Fsp3) is 0.357. The molecule has 0 aliphatic heterocycles. The van der Waals surface area contributed by atoms with Gasteiger partial charge in [0.25, 0.3) is 0 Å². The molecule has 2 aromatic rings. The van der Waals surface area contributed by atoms with E-state index in [9.17, 15) is 5.11 Å². The average Bonchev–Trinajstić information content (AvgIpc) is 3.17. The molecule has 0 saturated heterocycles. The summed E-state index contributed by atoms with van der Waals surface area (Å²) < 4.78 is 5.67. The van der Waals surface area contributed by atoms with Crippen LogP contribution in [-0.2, 0) is 13.2 Å². The molecule has 0 unspecified atom stereocenters. The second-order valence-electron chi connectivity index (χ2n) is 4.59. The van der Waals surface area contributed by atoms with Gasteiger partial charge in [0.05, 0.1) is 17.2 Å². The summed E-state index contributed by atoms with van der Waals surface area (Å²) in [6, 6.07) is 7.32. The smallest absolute Gasteiger partial charge is 0.140 e. The summed E-state index contributed by atoms with van der Waals surface area (Å²) in [4.78, 5) is 5.56. The number of thiazole rings is 1. The van der Waals surface area contributed by atoms with Crippen LogP contribution < -0.4 is 4.74 Å². The Morgan fingerprint density at radius 1 is 1.42 bits per heavy atom. The minimum absolute atomic E-state index is 0.0701.